The van der Waals surface area contributed by atoms with Gasteiger partial charge in [-0.25, -0.2) is 0 Å². The summed E-state index contributed by atoms with van der Waals surface area (Å²) in [6.07, 6.45) is 6.41. The highest BCUT2D eigenvalue weighted by Gasteiger charge is 2.21. The van der Waals surface area contributed by atoms with E-state index in [0.29, 0.717) is 15.7 Å². The second kappa shape index (κ2) is 9.33. The molecule has 0 fully saturated rings. The molecule has 1 aliphatic carbocycles. The molecule has 30 heavy (non-hydrogen) atoms. The van der Waals surface area contributed by atoms with E-state index in [9.17, 15) is 10.1 Å². The van der Waals surface area contributed by atoms with Crippen LogP contribution < -0.4 is 5.32 Å². The minimum atomic E-state index is -0.124. The van der Waals surface area contributed by atoms with E-state index in [1.807, 2.05) is 11.6 Å². The van der Waals surface area contributed by atoms with Crippen LogP contribution in [0.15, 0.2) is 16.6 Å². The summed E-state index contributed by atoms with van der Waals surface area (Å²) in [6, 6.07) is 4.45. The number of aryl methyl sites for hydroxylation is 2. The normalized spacial score (nSPS) is 13.5. The van der Waals surface area contributed by atoms with Crippen molar-refractivity contribution in [3.05, 3.63) is 32.3 Å². The van der Waals surface area contributed by atoms with Crippen LogP contribution in [-0.2, 0) is 31.1 Å². The Morgan fingerprint density at radius 2 is 2.17 bits per heavy atom. The number of hydrogen-bond acceptors (Lipinski definition) is 7. The van der Waals surface area contributed by atoms with Gasteiger partial charge in [0.1, 0.15) is 11.1 Å². The zero-order chi connectivity index (χ0) is 21.1. The topological polar surface area (TPSA) is 83.6 Å². The van der Waals surface area contributed by atoms with Crippen LogP contribution in [0.5, 0.6) is 0 Å². The van der Waals surface area contributed by atoms with Gasteiger partial charge in [-0.2, -0.15) is 5.26 Å². The van der Waals surface area contributed by atoms with Crippen molar-refractivity contribution in [3.8, 4) is 17.5 Å². The first kappa shape index (κ1) is 21.1. The third kappa shape index (κ3) is 4.31. The summed E-state index contributed by atoms with van der Waals surface area (Å²) in [5.41, 5.74) is 2.85. The fourth-order valence-electron chi connectivity index (χ4n) is 3.62. The molecule has 0 radical (unpaired) electrons. The van der Waals surface area contributed by atoms with Gasteiger partial charge in [-0.15, -0.1) is 32.9 Å². The number of nitriles is 1. The molecule has 0 aliphatic heterocycles. The van der Waals surface area contributed by atoms with Gasteiger partial charge in [0.25, 0.3) is 0 Å². The standard InChI is InChI=1S/C21H23N5OS3/c1-3-14-9-13(11-28-14)19-24-25-21(26(19)2)29-12-18(27)23-20-16(10-22)15-7-5-4-6-8-17(15)30-20/h9,11H,3-8,12H2,1-2H3,(H,23,27). The number of nitrogens with one attached hydrogen (secondary N) is 1. The van der Waals surface area contributed by atoms with E-state index in [0.717, 1.165) is 49.1 Å². The molecule has 3 heterocycles. The maximum atomic E-state index is 12.6. The molecular weight excluding hydrogens is 434 g/mol. The lowest BCUT2D eigenvalue weighted by molar-refractivity contribution is -0.113. The van der Waals surface area contributed by atoms with E-state index in [1.54, 1.807) is 22.7 Å². The zero-order valence-electron chi connectivity index (χ0n) is 17.0. The molecule has 0 atom stereocenters. The Labute approximate surface area is 188 Å². The van der Waals surface area contributed by atoms with Crippen molar-refractivity contribution < 1.29 is 4.79 Å². The summed E-state index contributed by atoms with van der Waals surface area (Å²) in [7, 11) is 1.92. The molecular formula is C21H23N5OS3. The number of thiophene rings is 2. The first-order chi connectivity index (χ1) is 14.6. The third-order valence-electron chi connectivity index (χ3n) is 5.21. The number of carbonyl (C=O) groups excluding carboxylic acids is 1. The van der Waals surface area contributed by atoms with E-state index < -0.39 is 0 Å². The number of carbonyl (C=O) groups is 1. The largest absolute Gasteiger partial charge is 0.316 e. The van der Waals surface area contributed by atoms with Crippen LogP contribution in [0.3, 0.4) is 0 Å². The first-order valence-electron chi connectivity index (χ1n) is 10.0. The lowest BCUT2D eigenvalue weighted by Gasteiger charge is -2.05. The van der Waals surface area contributed by atoms with Gasteiger partial charge < -0.3 is 9.88 Å². The van der Waals surface area contributed by atoms with Crippen LogP contribution in [0.1, 0.15) is 47.1 Å². The van der Waals surface area contributed by atoms with Crippen LogP contribution in [0.4, 0.5) is 5.00 Å². The molecule has 4 rings (SSSR count). The first-order valence-corrected chi connectivity index (χ1v) is 12.7. The van der Waals surface area contributed by atoms with E-state index in [1.165, 1.54) is 27.9 Å². The Morgan fingerprint density at radius 1 is 1.33 bits per heavy atom. The van der Waals surface area contributed by atoms with Crippen molar-refractivity contribution in [1.82, 2.24) is 14.8 Å². The summed E-state index contributed by atoms with van der Waals surface area (Å²) in [6.45, 7) is 2.13. The van der Waals surface area contributed by atoms with Gasteiger partial charge in [-0.3, -0.25) is 4.79 Å². The Bertz CT molecular complexity index is 1100. The molecule has 0 saturated carbocycles. The highest BCUT2D eigenvalue weighted by atomic mass is 32.2. The van der Waals surface area contributed by atoms with Gasteiger partial charge in [0.2, 0.25) is 5.91 Å². The lowest BCUT2D eigenvalue weighted by atomic mass is 10.1. The van der Waals surface area contributed by atoms with Crippen LogP contribution in [0.2, 0.25) is 0 Å². The van der Waals surface area contributed by atoms with Crippen molar-refractivity contribution in [3.63, 3.8) is 0 Å². The molecule has 156 valence electrons. The number of aromatic nitrogens is 3. The summed E-state index contributed by atoms with van der Waals surface area (Å²) in [5.74, 6) is 0.910. The predicted molar refractivity (Wildman–Crippen MR) is 123 cm³/mol. The molecule has 3 aromatic rings. The Morgan fingerprint density at radius 3 is 2.93 bits per heavy atom. The van der Waals surface area contributed by atoms with E-state index in [-0.39, 0.29) is 11.7 Å². The van der Waals surface area contributed by atoms with Crippen molar-refractivity contribution >= 4 is 45.3 Å². The van der Waals surface area contributed by atoms with Gasteiger partial charge in [-0.1, -0.05) is 25.1 Å². The van der Waals surface area contributed by atoms with Gasteiger partial charge in [-0.05, 0) is 43.7 Å². The van der Waals surface area contributed by atoms with E-state index >= 15 is 0 Å². The minimum Gasteiger partial charge on any atom is -0.316 e. The number of fused-ring (bicyclic) bond motifs is 1. The quantitative estimate of drug-likeness (QED) is 0.414. The number of amides is 1. The lowest BCUT2D eigenvalue weighted by Crippen LogP contribution is -2.14. The number of thioether (sulfide) groups is 1. The molecule has 0 aromatic carbocycles. The van der Waals surface area contributed by atoms with Crippen LogP contribution in [0, 0.1) is 11.3 Å². The second-order valence-electron chi connectivity index (χ2n) is 7.24. The SMILES string of the molecule is CCc1cc(-c2nnc(SCC(=O)Nc3sc4c(c3C#N)CCCCC4)n2C)cs1. The summed E-state index contributed by atoms with van der Waals surface area (Å²) >= 11 is 4.64. The second-order valence-corrected chi connectivity index (χ2v) is 10.3. The van der Waals surface area contributed by atoms with Gasteiger partial charge in [0, 0.05) is 27.7 Å². The highest BCUT2D eigenvalue weighted by Crippen LogP contribution is 2.37. The van der Waals surface area contributed by atoms with Crippen molar-refractivity contribution in [2.24, 2.45) is 7.05 Å². The van der Waals surface area contributed by atoms with Crippen molar-refractivity contribution in [2.45, 2.75) is 50.6 Å². The third-order valence-corrected chi connectivity index (χ3v) is 8.52. The van der Waals surface area contributed by atoms with E-state index in [2.05, 4.69) is 40.0 Å². The van der Waals surface area contributed by atoms with Crippen LogP contribution in [-0.4, -0.2) is 26.4 Å². The summed E-state index contributed by atoms with van der Waals surface area (Å²) in [5, 5.41) is 24.6. The number of anilines is 1. The van der Waals surface area contributed by atoms with Crippen LogP contribution >= 0.6 is 34.4 Å². The maximum Gasteiger partial charge on any atom is 0.235 e. The predicted octanol–water partition coefficient (Wildman–Crippen LogP) is 5.04. The fraction of sp³-hybridized carbons (Fsp3) is 0.429. The number of rotatable bonds is 6. The molecule has 0 unspecified atom stereocenters. The molecule has 0 bridgehead atoms. The Kier molecular flexibility index (Phi) is 6.56. The molecule has 1 aliphatic rings. The molecule has 3 aromatic heterocycles. The average Bonchev–Trinajstić information content (AvgIpc) is 3.39. The Hall–Kier alpha value is -2.15. The monoisotopic (exact) mass is 457 g/mol. The van der Waals surface area contributed by atoms with Gasteiger partial charge >= 0.3 is 0 Å². The summed E-state index contributed by atoms with van der Waals surface area (Å²) < 4.78 is 1.92. The smallest absolute Gasteiger partial charge is 0.235 e. The number of hydrogen-bond donors (Lipinski definition) is 1. The summed E-state index contributed by atoms with van der Waals surface area (Å²) in [4.78, 5) is 15.1. The maximum absolute atomic E-state index is 12.6. The van der Waals surface area contributed by atoms with Gasteiger partial charge in [0.15, 0.2) is 11.0 Å². The minimum absolute atomic E-state index is 0.124. The molecule has 6 nitrogen and oxygen atoms in total. The molecule has 9 heteroatoms. The zero-order valence-corrected chi connectivity index (χ0v) is 19.5. The fourth-order valence-corrected chi connectivity index (χ4v) is 6.40. The molecule has 1 N–H and O–H groups in total. The molecule has 1 amide bonds. The number of nitrogens with zero attached hydrogens (tertiary/aromatic N) is 4. The Balaban J connectivity index is 1.42. The van der Waals surface area contributed by atoms with Crippen molar-refractivity contribution in [2.75, 3.05) is 11.1 Å². The van der Waals surface area contributed by atoms with Gasteiger partial charge in [0.05, 0.1) is 11.3 Å². The van der Waals surface area contributed by atoms with Crippen molar-refractivity contribution in [1.29, 1.82) is 5.26 Å². The van der Waals surface area contributed by atoms with Crippen LogP contribution in [0.25, 0.3) is 11.4 Å². The molecule has 0 saturated heterocycles. The molecule has 0 spiro atoms. The van der Waals surface area contributed by atoms with E-state index in [4.69, 9.17) is 0 Å². The highest BCUT2D eigenvalue weighted by molar-refractivity contribution is 7.99. The average molecular weight is 458 g/mol.